The van der Waals surface area contributed by atoms with Gasteiger partial charge in [0, 0.05) is 27.7 Å². The van der Waals surface area contributed by atoms with Gasteiger partial charge < -0.3 is 38.8 Å². The molecule has 0 aliphatic carbocycles. The Kier molecular flexibility index (Phi) is 13.1. The fourth-order valence-corrected chi connectivity index (χ4v) is 3.70. The van der Waals surface area contributed by atoms with Crippen LogP contribution < -0.4 is 10.6 Å². The quantitative estimate of drug-likeness (QED) is 0.184. The fraction of sp³-hybridized carbons (Fsp3) is 0.739. The molecule has 0 aromatic rings. The van der Waals surface area contributed by atoms with Crippen molar-refractivity contribution in [3.8, 4) is 0 Å². The van der Waals surface area contributed by atoms with E-state index in [4.69, 9.17) is 23.7 Å². The lowest BCUT2D eigenvalue weighted by atomic mass is 9.96. The van der Waals surface area contributed by atoms with Crippen molar-refractivity contribution in [2.75, 3.05) is 20.3 Å². The number of aliphatic hydroxyl groups excluding tert-OH is 1. The van der Waals surface area contributed by atoms with Crippen molar-refractivity contribution in [3.63, 3.8) is 0 Å². The largest absolute Gasteiger partial charge is 0.468 e. The second-order valence-corrected chi connectivity index (χ2v) is 8.78. The lowest BCUT2D eigenvalue weighted by Crippen LogP contribution is -2.67. The van der Waals surface area contributed by atoms with Crippen LogP contribution in [0.3, 0.4) is 0 Å². The SMILES string of the molecule is COC(=O)[C@H](CO)NC(C(=O)N[C@@H]1O[C@H](COC(C)=O)[C@@H](OC(C)=O)[C@H](OC(C)=O)[C@H]1OC(C)=O)C(C)C. The maximum atomic E-state index is 13.3. The molecule has 0 aromatic heterocycles. The topological polar surface area (TPSA) is 202 Å². The van der Waals surface area contributed by atoms with Crippen LogP contribution in [0.5, 0.6) is 0 Å². The van der Waals surface area contributed by atoms with Gasteiger partial charge in [0.2, 0.25) is 5.91 Å². The van der Waals surface area contributed by atoms with Crippen molar-refractivity contribution in [2.45, 2.75) is 84.3 Å². The van der Waals surface area contributed by atoms with Crippen molar-refractivity contribution in [1.82, 2.24) is 10.6 Å². The van der Waals surface area contributed by atoms with Crippen LogP contribution in [-0.2, 0) is 57.2 Å². The van der Waals surface area contributed by atoms with Crippen LogP contribution in [0.4, 0.5) is 0 Å². The highest BCUT2D eigenvalue weighted by Gasteiger charge is 2.53. The van der Waals surface area contributed by atoms with Crippen molar-refractivity contribution < 1.29 is 62.3 Å². The molecule has 216 valence electrons. The zero-order valence-electron chi connectivity index (χ0n) is 22.4. The molecule has 7 atom stereocenters. The molecule has 3 N–H and O–H groups in total. The second-order valence-electron chi connectivity index (χ2n) is 8.78. The standard InChI is InChI=1S/C23H36N2O13/c1-10(2)17(24-15(8-26)23(32)33-7)21(31)25-22-20(37-14(6)30)19(36-13(5)29)18(35-12(4)28)16(38-22)9-34-11(3)27/h10,15-20,22,24,26H,8-9H2,1-7H3,(H,25,31)/t15-,16+,17?,18+,19-,20+,22+/m0/s1. The third-order valence-corrected chi connectivity index (χ3v) is 5.27. The Morgan fingerprint density at radius 3 is 1.82 bits per heavy atom. The summed E-state index contributed by atoms with van der Waals surface area (Å²) in [5, 5.41) is 14.8. The van der Waals surface area contributed by atoms with E-state index in [0.29, 0.717) is 0 Å². The van der Waals surface area contributed by atoms with Gasteiger partial charge in [0.1, 0.15) is 18.8 Å². The van der Waals surface area contributed by atoms with E-state index >= 15 is 0 Å². The van der Waals surface area contributed by atoms with Gasteiger partial charge in [-0.2, -0.15) is 0 Å². The third-order valence-electron chi connectivity index (χ3n) is 5.27. The van der Waals surface area contributed by atoms with E-state index < -0.39 is 97.6 Å². The molecule has 1 aliphatic heterocycles. The van der Waals surface area contributed by atoms with Gasteiger partial charge in [0.15, 0.2) is 24.5 Å². The number of rotatable bonds is 12. The Morgan fingerprint density at radius 2 is 1.37 bits per heavy atom. The number of hydrogen-bond acceptors (Lipinski definition) is 14. The predicted molar refractivity (Wildman–Crippen MR) is 125 cm³/mol. The van der Waals surface area contributed by atoms with Gasteiger partial charge in [-0.1, -0.05) is 13.8 Å². The molecule has 38 heavy (non-hydrogen) atoms. The lowest BCUT2D eigenvalue weighted by molar-refractivity contribution is -0.257. The maximum Gasteiger partial charge on any atom is 0.325 e. The molecule has 0 bridgehead atoms. The summed E-state index contributed by atoms with van der Waals surface area (Å²) in [5.74, 6) is -5.13. The summed E-state index contributed by atoms with van der Waals surface area (Å²) in [4.78, 5) is 72.4. The smallest absolute Gasteiger partial charge is 0.325 e. The number of aliphatic hydroxyl groups is 1. The number of ether oxygens (including phenoxy) is 6. The Bertz CT molecular complexity index is 877. The van der Waals surface area contributed by atoms with Crippen molar-refractivity contribution in [2.24, 2.45) is 5.92 Å². The van der Waals surface area contributed by atoms with Gasteiger partial charge in [-0.05, 0) is 5.92 Å². The summed E-state index contributed by atoms with van der Waals surface area (Å²) in [6.45, 7) is 6.54. The molecular formula is C23H36N2O13. The first-order chi connectivity index (χ1) is 17.7. The summed E-state index contributed by atoms with van der Waals surface area (Å²) >= 11 is 0. The fourth-order valence-electron chi connectivity index (χ4n) is 3.70. The summed E-state index contributed by atoms with van der Waals surface area (Å²) in [6, 6.07) is -2.31. The summed E-state index contributed by atoms with van der Waals surface area (Å²) in [5.41, 5.74) is 0. The minimum absolute atomic E-state index is 0.431. The van der Waals surface area contributed by atoms with E-state index in [1.807, 2.05) is 0 Å². The van der Waals surface area contributed by atoms with Crippen molar-refractivity contribution in [1.29, 1.82) is 0 Å². The number of esters is 5. The lowest BCUT2D eigenvalue weighted by Gasteiger charge is -2.44. The van der Waals surface area contributed by atoms with Crippen LogP contribution in [0, 0.1) is 5.92 Å². The molecule has 0 saturated carbocycles. The Balaban J connectivity index is 3.42. The molecule has 0 aromatic carbocycles. The molecule has 1 unspecified atom stereocenters. The van der Waals surface area contributed by atoms with Crippen LogP contribution in [0.1, 0.15) is 41.5 Å². The van der Waals surface area contributed by atoms with Crippen LogP contribution in [0.15, 0.2) is 0 Å². The van der Waals surface area contributed by atoms with E-state index in [1.165, 1.54) is 0 Å². The van der Waals surface area contributed by atoms with Gasteiger partial charge in [-0.25, -0.2) is 0 Å². The normalized spacial score (nSPS) is 24.4. The van der Waals surface area contributed by atoms with E-state index in [0.717, 1.165) is 34.8 Å². The van der Waals surface area contributed by atoms with Crippen LogP contribution in [0.2, 0.25) is 0 Å². The number of carbonyl (C=O) groups excluding carboxylic acids is 6. The van der Waals surface area contributed by atoms with Gasteiger partial charge in [-0.15, -0.1) is 0 Å². The van der Waals surface area contributed by atoms with E-state index in [2.05, 4.69) is 15.4 Å². The number of carbonyl (C=O) groups is 6. The first-order valence-electron chi connectivity index (χ1n) is 11.8. The maximum absolute atomic E-state index is 13.3. The molecule has 1 amide bonds. The first kappa shape index (κ1) is 32.7. The molecule has 1 rings (SSSR count). The summed E-state index contributed by atoms with van der Waals surface area (Å²) in [6.07, 6.45) is -7.09. The van der Waals surface area contributed by atoms with E-state index in [-0.39, 0.29) is 0 Å². The number of nitrogens with one attached hydrogen (secondary N) is 2. The van der Waals surface area contributed by atoms with E-state index in [9.17, 15) is 33.9 Å². The average Bonchev–Trinajstić information content (AvgIpc) is 2.80. The van der Waals surface area contributed by atoms with Crippen molar-refractivity contribution >= 4 is 35.8 Å². The molecule has 1 fully saturated rings. The molecule has 1 aliphatic rings. The van der Waals surface area contributed by atoms with Gasteiger partial charge >= 0.3 is 29.8 Å². The molecule has 15 nitrogen and oxygen atoms in total. The first-order valence-corrected chi connectivity index (χ1v) is 11.8. The number of methoxy groups -OCH3 is 1. The molecule has 1 saturated heterocycles. The highest BCUT2D eigenvalue weighted by atomic mass is 16.7. The molecule has 0 spiro atoms. The Morgan fingerprint density at radius 1 is 0.842 bits per heavy atom. The highest BCUT2D eigenvalue weighted by molar-refractivity contribution is 5.84. The summed E-state index contributed by atoms with van der Waals surface area (Å²) in [7, 11) is 1.12. The van der Waals surface area contributed by atoms with E-state index in [1.54, 1.807) is 13.8 Å². The zero-order valence-corrected chi connectivity index (χ0v) is 22.4. The van der Waals surface area contributed by atoms with Gasteiger partial charge in [0.05, 0.1) is 19.8 Å². The number of amides is 1. The molecular weight excluding hydrogens is 512 g/mol. The van der Waals surface area contributed by atoms with Crippen LogP contribution in [0.25, 0.3) is 0 Å². The molecule has 15 heteroatoms. The predicted octanol–water partition coefficient (Wildman–Crippen LogP) is -1.67. The average molecular weight is 549 g/mol. The minimum atomic E-state index is -1.50. The second kappa shape index (κ2) is 15.2. The third kappa shape index (κ3) is 9.87. The Hall–Kier alpha value is -3.30. The van der Waals surface area contributed by atoms with Gasteiger partial charge in [-0.3, -0.25) is 34.1 Å². The molecule has 0 radical (unpaired) electrons. The van der Waals surface area contributed by atoms with Gasteiger partial charge in [0.25, 0.3) is 0 Å². The Labute approximate surface area is 219 Å². The highest BCUT2D eigenvalue weighted by Crippen LogP contribution is 2.28. The minimum Gasteiger partial charge on any atom is -0.468 e. The van der Waals surface area contributed by atoms with Crippen molar-refractivity contribution in [3.05, 3.63) is 0 Å². The monoisotopic (exact) mass is 548 g/mol. The number of hydrogen-bond donors (Lipinski definition) is 3. The summed E-state index contributed by atoms with van der Waals surface area (Å²) < 4.78 is 31.4. The van der Waals surface area contributed by atoms with Crippen LogP contribution in [-0.4, -0.2) is 104 Å². The van der Waals surface area contributed by atoms with Crippen LogP contribution >= 0.6 is 0 Å². The zero-order chi connectivity index (χ0) is 29.2. The molecule has 1 heterocycles.